The third-order valence-corrected chi connectivity index (χ3v) is 2.71. The maximum Gasteiger partial charge on any atom is 0.224 e. The van der Waals surface area contributed by atoms with Crippen molar-refractivity contribution in [3.63, 3.8) is 0 Å². The molecule has 1 amide bonds. The van der Waals surface area contributed by atoms with Crippen LogP contribution in [0.3, 0.4) is 0 Å². The van der Waals surface area contributed by atoms with Crippen molar-refractivity contribution in [2.24, 2.45) is 0 Å². The van der Waals surface area contributed by atoms with Crippen molar-refractivity contribution >= 4 is 5.91 Å². The summed E-state index contributed by atoms with van der Waals surface area (Å²) < 4.78 is 5.19. The summed E-state index contributed by atoms with van der Waals surface area (Å²) in [5, 5.41) is 3.35. The molecule has 14 heavy (non-hydrogen) atoms. The highest BCUT2D eigenvalue weighted by molar-refractivity contribution is 5.76. The number of hydrogen-bond donors (Lipinski definition) is 1. The summed E-state index contributed by atoms with van der Waals surface area (Å²) in [4.78, 5) is 13.5. The van der Waals surface area contributed by atoms with Crippen LogP contribution in [0, 0.1) is 0 Å². The van der Waals surface area contributed by atoms with Crippen LogP contribution >= 0.6 is 0 Å². The average Bonchev–Trinajstić information content (AvgIpc) is 3.03. The third-order valence-electron chi connectivity index (χ3n) is 2.71. The third kappa shape index (κ3) is 2.96. The van der Waals surface area contributed by atoms with E-state index < -0.39 is 0 Å². The lowest BCUT2D eigenvalue weighted by Gasteiger charge is -2.26. The Hall–Kier alpha value is -0.610. The first-order valence-electron chi connectivity index (χ1n) is 5.45. The van der Waals surface area contributed by atoms with Gasteiger partial charge in [-0.3, -0.25) is 4.79 Å². The molecule has 0 radical (unpaired) electrons. The Labute approximate surface area is 84.6 Å². The van der Waals surface area contributed by atoms with E-state index >= 15 is 0 Å². The molecule has 1 saturated carbocycles. The summed E-state index contributed by atoms with van der Waals surface area (Å²) in [5.41, 5.74) is 0. The van der Waals surface area contributed by atoms with Crippen molar-refractivity contribution in [1.29, 1.82) is 0 Å². The van der Waals surface area contributed by atoms with Crippen LogP contribution in [-0.2, 0) is 9.53 Å². The molecule has 0 aromatic rings. The molecule has 0 aromatic carbocycles. The van der Waals surface area contributed by atoms with E-state index in [1.54, 1.807) is 0 Å². The maximum atomic E-state index is 11.6. The first kappa shape index (κ1) is 9.93. The first-order chi connectivity index (χ1) is 6.86. The average molecular weight is 198 g/mol. The minimum atomic E-state index is 0.265. The molecule has 1 heterocycles. The quantitative estimate of drug-likeness (QED) is 0.690. The Morgan fingerprint density at radius 3 is 2.71 bits per heavy atom. The summed E-state index contributed by atoms with van der Waals surface area (Å²) >= 11 is 0. The monoisotopic (exact) mass is 198 g/mol. The van der Waals surface area contributed by atoms with Gasteiger partial charge in [0.2, 0.25) is 5.91 Å². The largest absolute Gasteiger partial charge is 0.378 e. The summed E-state index contributed by atoms with van der Waals surface area (Å²) in [5.74, 6) is 0.265. The number of ether oxygens (including phenoxy) is 1. The summed E-state index contributed by atoms with van der Waals surface area (Å²) in [6.45, 7) is 3.76. The minimum Gasteiger partial charge on any atom is -0.378 e. The second-order valence-electron chi connectivity index (χ2n) is 3.97. The summed E-state index contributed by atoms with van der Waals surface area (Å²) in [6.07, 6.45) is 3.20. The Morgan fingerprint density at radius 2 is 2.07 bits per heavy atom. The molecule has 2 rings (SSSR count). The molecule has 0 atom stereocenters. The van der Waals surface area contributed by atoms with E-state index in [0.717, 1.165) is 19.6 Å². The van der Waals surface area contributed by atoms with Crippen molar-refractivity contribution in [3.8, 4) is 0 Å². The molecule has 4 heteroatoms. The molecule has 2 aliphatic rings. The zero-order valence-corrected chi connectivity index (χ0v) is 8.50. The van der Waals surface area contributed by atoms with E-state index in [0.29, 0.717) is 25.7 Å². The van der Waals surface area contributed by atoms with Crippen molar-refractivity contribution in [1.82, 2.24) is 10.2 Å². The van der Waals surface area contributed by atoms with Crippen LogP contribution in [0.5, 0.6) is 0 Å². The van der Waals surface area contributed by atoms with E-state index in [1.807, 2.05) is 4.90 Å². The van der Waals surface area contributed by atoms with Crippen LogP contribution in [0.15, 0.2) is 0 Å². The molecular formula is C10H18N2O2. The lowest BCUT2D eigenvalue weighted by atomic mass is 10.3. The van der Waals surface area contributed by atoms with Crippen molar-refractivity contribution in [3.05, 3.63) is 0 Å². The zero-order chi connectivity index (χ0) is 9.80. The highest BCUT2D eigenvalue weighted by Gasteiger charge is 2.21. The van der Waals surface area contributed by atoms with E-state index in [-0.39, 0.29) is 5.91 Å². The first-order valence-corrected chi connectivity index (χ1v) is 5.45. The van der Waals surface area contributed by atoms with Gasteiger partial charge in [-0.25, -0.2) is 0 Å². The van der Waals surface area contributed by atoms with Crippen molar-refractivity contribution in [2.45, 2.75) is 25.3 Å². The Morgan fingerprint density at radius 1 is 1.36 bits per heavy atom. The maximum absolute atomic E-state index is 11.6. The van der Waals surface area contributed by atoms with Gasteiger partial charge in [0.1, 0.15) is 0 Å². The molecule has 1 saturated heterocycles. The molecule has 80 valence electrons. The predicted octanol–water partition coefficient (Wildman–Crippen LogP) is -0.0127. The van der Waals surface area contributed by atoms with Crippen LogP contribution < -0.4 is 5.32 Å². The fraction of sp³-hybridized carbons (Fsp3) is 0.900. The SMILES string of the molecule is O=C(CCNC1CC1)N1CCOCC1. The molecule has 2 fully saturated rings. The standard InChI is InChI=1S/C10H18N2O2/c13-10(3-4-11-9-1-2-9)12-5-7-14-8-6-12/h9,11H,1-8H2. The van der Waals surface area contributed by atoms with Gasteiger partial charge < -0.3 is 15.0 Å². The lowest BCUT2D eigenvalue weighted by Crippen LogP contribution is -2.41. The zero-order valence-electron chi connectivity index (χ0n) is 8.50. The second kappa shape index (κ2) is 4.75. The van der Waals surface area contributed by atoms with E-state index in [4.69, 9.17) is 4.74 Å². The van der Waals surface area contributed by atoms with Gasteiger partial charge in [-0.2, -0.15) is 0 Å². The highest BCUT2D eigenvalue weighted by Crippen LogP contribution is 2.18. The van der Waals surface area contributed by atoms with Gasteiger partial charge in [0.15, 0.2) is 0 Å². The predicted molar refractivity (Wildman–Crippen MR) is 53.0 cm³/mol. The minimum absolute atomic E-state index is 0.265. The Balaban J connectivity index is 1.60. The van der Waals surface area contributed by atoms with E-state index in [2.05, 4.69) is 5.32 Å². The van der Waals surface area contributed by atoms with Gasteiger partial charge in [0, 0.05) is 32.1 Å². The van der Waals surface area contributed by atoms with Gasteiger partial charge in [-0.05, 0) is 12.8 Å². The van der Waals surface area contributed by atoms with Crippen LogP contribution in [0.1, 0.15) is 19.3 Å². The fourth-order valence-electron chi connectivity index (χ4n) is 1.64. The van der Waals surface area contributed by atoms with Crippen LogP contribution in [-0.4, -0.2) is 49.7 Å². The summed E-state index contributed by atoms with van der Waals surface area (Å²) in [7, 11) is 0. The molecule has 1 N–H and O–H groups in total. The highest BCUT2D eigenvalue weighted by atomic mass is 16.5. The number of carbonyl (C=O) groups excluding carboxylic acids is 1. The van der Waals surface area contributed by atoms with Crippen molar-refractivity contribution in [2.75, 3.05) is 32.8 Å². The molecular weight excluding hydrogens is 180 g/mol. The Kier molecular flexibility index (Phi) is 3.37. The van der Waals surface area contributed by atoms with Crippen LogP contribution in [0.4, 0.5) is 0 Å². The smallest absolute Gasteiger partial charge is 0.224 e. The van der Waals surface area contributed by atoms with Gasteiger partial charge in [0.05, 0.1) is 13.2 Å². The van der Waals surface area contributed by atoms with Crippen LogP contribution in [0.2, 0.25) is 0 Å². The number of rotatable bonds is 4. The number of amides is 1. The van der Waals surface area contributed by atoms with E-state index in [1.165, 1.54) is 12.8 Å². The Bertz CT molecular complexity index is 198. The molecule has 1 aliphatic carbocycles. The normalized spacial score (nSPS) is 22.4. The topological polar surface area (TPSA) is 41.6 Å². The second-order valence-corrected chi connectivity index (χ2v) is 3.97. The van der Waals surface area contributed by atoms with Crippen LogP contribution in [0.25, 0.3) is 0 Å². The molecule has 0 unspecified atom stereocenters. The number of hydrogen-bond acceptors (Lipinski definition) is 3. The molecule has 0 bridgehead atoms. The number of nitrogens with zero attached hydrogens (tertiary/aromatic N) is 1. The molecule has 0 spiro atoms. The van der Waals surface area contributed by atoms with Gasteiger partial charge >= 0.3 is 0 Å². The van der Waals surface area contributed by atoms with Gasteiger partial charge in [-0.1, -0.05) is 0 Å². The molecule has 0 aromatic heterocycles. The lowest BCUT2D eigenvalue weighted by molar-refractivity contribution is -0.135. The van der Waals surface area contributed by atoms with Gasteiger partial charge in [-0.15, -0.1) is 0 Å². The van der Waals surface area contributed by atoms with Gasteiger partial charge in [0.25, 0.3) is 0 Å². The van der Waals surface area contributed by atoms with Crippen molar-refractivity contribution < 1.29 is 9.53 Å². The fourth-order valence-corrected chi connectivity index (χ4v) is 1.64. The number of nitrogens with one attached hydrogen (secondary N) is 1. The number of carbonyl (C=O) groups is 1. The molecule has 1 aliphatic heterocycles. The van der Waals surface area contributed by atoms with E-state index in [9.17, 15) is 4.79 Å². The number of morpholine rings is 1. The summed E-state index contributed by atoms with van der Waals surface area (Å²) in [6, 6.07) is 0.701. The molecule has 4 nitrogen and oxygen atoms in total.